The van der Waals surface area contributed by atoms with Gasteiger partial charge in [0.1, 0.15) is 5.44 Å². The van der Waals surface area contributed by atoms with E-state index in [9.17, 15) is 0 Å². The maximum atomic E-state index is 5.27. The highest BCUT2D eigenvalue weighted by atomic mass is 32.1. The van der Waals surface area contributed by atoms with Gasteiger partial charge < -0.3 is 4.74 Å². The Labute approximate surface area is 75.1 Å². The van der Waals surface area contributed by atoms with E-state index >= 15 is 0 Å². The normalized spacial score (nSPS) is 13.4. The molecule has 0 heterocycles. The Morgan fingerprint density at radius 1 is 1.50 bits per heavy atom. The van der Waals surface area contributed by atoms with Crippen molar-refractivity contribution in [1.82, 2.24) is 0 Å². The SMILES string of the molecule is [B]CCCOC(S)CCS. The Morgan fingerprint density at radius 3 is 2.70 bits per heavy atom. The highest BCUT2D eigenvalue weighted by Gasteiger charge is 1.99. The average molecular weight is 176 g/mol. The molecule has 2 radical (unpaired) electrons. The zero-order chi connectivity index (χ0) is 7.82. The minimum atomic E-state index is 0.0315. The highest BCUT2D eigenvalue weighted by molar-refractivity contribution is 7.81. The first-order chi connectivity index (χ1) is 4.81. The smallest absolute Gasteiger partial charge is 0.101 e. The largest absolute Gasteiger partial charge is 0.368 e. The summed E-state index contributed by atoms with van der Waals surface area (Å²) in [4.78, 5) is 0. The van der Waals surface area contributed by atoms with E-state index in [0.717, 1.165) is 18.6 Å². The van der Waals surface area contributed by atoms with Crippen molar-refractivity contribution in [2.75, 3.05) is 12.4 Å². The summed E-state index contributed by atoms with van der Waals surface area (Å²) in [5, 5.41) is 0. The van der Waals surface area contributed by atoms with Crippen LogP contribution in [0.25, 0.3) is 0 Å². The van der Waals surface area contributed by atoms with Gasteiger partial charge in [0, 0.05) is 6.61 Å². The Balaban J connectivity index is 2.97. The van der Waals surface area contributed by atoms with Gasteiger partial charge in [-0.1, -0.05) is 6.32 Å². The fourth-order valence-electron chi connectivity index (χ4n) is 0.496. The minimum Gasteiger partial charge on any atom is -0.368 e. The zero-order valence-corrected chi connectivity index (χ0v) is 7.78. The minimum absolute atomic E-state index is 0.0315. The molecule has 0 N–H and O–H groups in total. The van der Waals surface area contributed by atoms with Crippen LogP contribution >= 0.6 is 25.3 Å². The van der Waals surface area contributed by atoms with Crippen molar-refractivity contribution in [2.45, 2.75) is 24.6 Å². The molecular weight excluding hydrogens is 163 g/mol. The molecule has 1 unspecified atom stereocenters. The van der Waals surface area contributed by atoms with Gasteiger partial charge in [-0.3, -0.25) is 0 Å². The quantitative estimate of drug-likeness (QED) is 0.270. The lowest BCUT2D eigenvalue weighted by Gasteiger charge is -2.09. The molecular formula is C6H13BOS2. The lowest BCUT2D eigenvalue weighted by atomic mass is 10.0. The fraction of sp³-hybridized carbons (Fsp3) is 1.00. The second-order valence-electron chi connectivity index (χ2n) is 1.98. The van der Waals surface area contributed by atoms with Crippen molar-refractivity contribution in [3.8, 4) is 0 Å². The van der Waals surface area contributed by atoms with Crippen molar-refractivity contribution in [3.05, 3.63) is 0 Å². The summed E-state index contributed by atoms with van der Waals surface area (Å²) in [5.74, 6) is 0.816. The summed E-state index contributed by atoms with van der Waals surface area (Å²) in [7, 11) is 5.27. The monoisotopic (exact) mass is 176 g/mol. The van der Waals surface area contributed by atoms with E-state index in [1.807, 2.05) is 0 Å². The van der Waals surface area contributed by atoms with Crippen molar-refractivity contribution < 1.29 is 4.74 Å². The van der Waals surface area contributed by atoms with Crippen LogP contribution < -0.4 is 0 Å². The van der Waals surface area contributed by atoms with Crippen LogP contribution in [0.2, 0.25) is 6.32 Å². The predicted octanol–water partition coefficient (Wildman–Crippen LogP) is 1.56. The first-order valence-corrected chi connectivity index (χ1v) is 4.56. The third kappa shape index (κ3) is 6.84. The van der Waals surface area contributed by atoms with Gasteiger partial charge >= 0.3 is 0 Å². The van der Waals surface area contributed by atoms with Crippen molar-refractivity contribution in [1.29, 1.82) is 0 Å². The molecule has 0 aliphatic heterocycles. The summed E-state index contributed by atoms with van der Waals surface area (Å²) in [6.07, 6.45) is 2.47. The van der Waals surface area contributed by atoms with Gasteiger partial charge in [-0.05, 0) is 18.6 Å². The molecule has 58 valence electrons. The van der Waals surface area contributed by atoms with E-state index in [-0.39, 0.29) is 5.44 Å². The van der Waals surface area contributed by atoms with Gasteiger partial charge in [0.15, 0.2) is 0 Å². The molecule has 0 aromatic heterocycles. The van der Waals surface area contributed by atoms with Gasteiger partial charge in [-0.2, -0.15) is 12.6 Å². The van der Waals surface area contributed by atoms with Gasteiger partial charge in [-0.15, -0.1) is 12.6 Å². The Kier molecular flexibility index (Phi) is 8.40. The molecule has 0 aliphatic carbocycles. The lowest BCUT2D eigenvalue weighted by molar-refractivity contribution is 0.113. The van der Waals surface area contributed by atoms with E-state index < -0.39 is 0 Å². The third-order valence-corrected chi connectivity index (χ3v) is 1.70. The molecule has 0 saturated carbocycles. The number of hydrogen-bond donors (Lipinski definition) is 2. The summed E-state index contributed by atoms with van der Waals surface area (Å²) in [6.45, 7) is 0.707. The van der Waals surface area contributed by atoms with Crippen LogP contribution in [0.3, 0.4) is 0 Å². The van der Waals surface area contributed by atoms with Crippen molar-refractivity contribution >= 4 is 33.1 Å². The molecule has 0 saturated heterocycles. The Morgan fingerprint density at radius 2 is 2.20 bits per heavy atom. The maximum absolute atomic E-state index is 5.27. The summed E-state index contributed by atoms with van der Waals surface area (Å²) < 4.78 is 5.26. The van der Waals surface area contributed by atoms with Crippen LogP contribution in [0.1, 0.15) is 12.8 Å². The van der Waals surface area contributed by atoms with E-state index in [0.29, 0.717) is 12.9 Å². The van der Waals surface area contributed by atoms with Crippen LogP contribution in [0.5, 0.6) is 0 Å². The molecule has 0 aromatic carbocycles. The molecule has 10 heavy (non-hydrogen) atoms. The van der Waals surface area contributed by atoms with Crippen molar-refractivity contribution in [2.24, 2.45) is 0 Å². The number of rotatable bonds is 6. The lowest BCUT2D eigenvalue weighted by Crippen LogP contribution is -2.06. The molecule has 0 fully saturated rings. The molecule has 0 bridgehead atoms. The first kappa shape index (κ1) is 10.7. The standard InChI is InChI=1S/C6H13BOS2/c7-3-1-4-8-6(10)2-5-9/h6,9-10H,1-5H2. The van der Waals surface area contributed by atoms with Gasteiger partial charge in [-0.25, -0.2) is 0 Å². The molecule has 1 nitrogen and oxygen atoms in total. The van der Waals surface area contributed by atoms with Crippen LogP contribution in [0, 0.1) is 0 Å². The van der Waals surface area contributed by atoms with Crippen LogP contribution in [-0.2, 0) is 4.74 Å². The average Bonchev–Trinajstić information content (AvgIpc) is 1.89. The van der Waals surface area contributed by atoms with Crippen LogP contribution in [0.4, 0.5) is 0 Å². The molecule has 1 atom stereocenters. The molecule has 0 spiro atoms. The Hall–Kier alpha value is 0.725. The topological polar surface area (TPSA) is 9.23 Å². The molecule has 4 heteroatoms. The maximum Gasteiger partial charge on any atom is 0.101 e. The fourth-order valence-corrected chi connectivity index (χ4v) is 1.17. The van der Waals surface area contributed by atoms with Crippen LogP contribution in [0.15, 0.2) is 0 Å². The van der Waals surface area contributed by atoms with Crippen LogP contribution in [-0.4, -0.2) is 25.6 Å². The van der Waals surface area contributed by atoms with Gasteiger partial charge in [0.05, 0.1) is 7.85 Å². The molecule has 0 rings (SSSR count). The van der Waals surface area contributed by atoms with Crippen molar-refractivity contribution in [3.63, 3.8) is 0 Å². The first-order valence-electron chi connectivity index (χ1n) is 3.42. The summed E-state index contributed by atoms with van der Waals surface area (Å²) in [5.41, 5.74) is 0.0315. The van der Waals surface area contributed by atoms with E-state index in [1.165, 1.54) is 0 Å². The summed E-state index contributed by atoms with van der Waals surface area (Å²) in [6, 6.07) is 0. The van der Waals surface area contributed by atoms with Gasteiger partial charge in [0.25, 0.3) is 0 Å². The third-order valence-electron chi connectivity index (χ3n) is 1.03. The number of hydrogen-bond acceptors (Lipinski definition) is 3. The molecule has 0 amide bonds. The second-order valence-corrected chi connectivity index (χ2v) is 3.00. The second kappa shape index (κ2) is 7.83. The predicted molar refractivity (Wildman–Crippen MR) is 52.4 cm³/mol. The number of thiol groups is 2. The van der Waals surface area contributed by atoms with Gasteiger partial charge in [0.2, 0.25) is 0 Å². The van der Waals surface area contributed by atoms with E-state index in [2.05, 4.69) is 25.3 Å². The zero-order valence-electron chi connectivity index (χ0n) is 5.99. The van der Waals surface area contributed by atoms with E-state index in [1.54, 1.807) is 0 Å². The highest BCUT2D eigenvalue weighted by Crippen LogP contribution is 2.04. The molecule has 0 aliphatic rings. The number of ether oxygens (including phenoxy) is 1. The van der Waals surface area contributed by atoms with E-state index in [4.69, 9.17) is 12.6 Å². The summed E-state index contributed by atoms with van der Waals surface area (Å²) >= 11 is 8.22. The molecule has 0 aromatic rings. The Bertz CT molecular complexity index is 72.8.